The van der Waals surface area contributed by atoms with Crippen LogP contribution in [0.25, 0.3) is 0 Å². The second kappa shape index (κ2) is 4.89. The van der Waals surface area contributed by atoms with Gasteiger partial charge in [-0.25, -0.2) is 0 Å². The van der Waals surface area contributed by atoms with E-state index in [4.69, 9.17) is 16.3 Å². The molecule has 0 saturated carbocycles. The summed E-state index contributed by atoms with van der Waals surface area (Å²) >= 11 is 6.00. The van der Waals surface area contributed by atoms with E-state index < -0.39 is 0 Å². The van der Waals surface area contributed by atoms with Crippen molar-refractivity contribution in [1.29, 1.82) is 0 Å². The summed E-state index contributed by atoms with van der Waals surface area (Å²) in [5, 5.41) is 0.559. The van der Waals surface area contributed by atoms with Crippen LogP contribution in [0.2, 0.25) is 5.02 Å². The Labute approximate surface area is 117 Å². The normalized spacial score (nSPS) is 24.6. The Balaban J connectivity index is 1.96. The molecule has 4 heteroatoms. The average molecular weight is 278 g/mol. The van der Waals surface area contributed by atoms with Crippen LogP contribution in [0.5, 0.6) is 5.75 Å². The maximum atomic E-state index is 12.7. The summed E-state index contributed by atoms with van der Waals surface area (Å²) in [6.45, 7) is 0. The van der Waals surface area contributed by atoms with Crippen LogP contribution in [-0.4, -0.2) is 30.0 Å². The molecule has 1 saturated heterocycles. The SMILES string of the molecule is COc1ccc(Cl)cc1C(=O)N1[C@H]2CC=C[C@H]1CC2. The molecule has 2 aliphatic rings. The van der Waals surface area contributed by atoms with Crippen LogP contribution in [0.3, 0.4) is 0 Å². The van der Waals surface area contributed by atoms with Gasteiger partial charge in [0.05, 0.1) is 18.7 Å². The largest absolute Gasteiger partial charge is 0.496 e. The van der Waals surface area contributed by atoms with Gasteiger partial charge in [0.2, 0.25) is 0 Å². The van der Waals surface area contributed by atoms with Crippen LogP contribution < -0.4 is 4.74 Å². The van der Waals surface area contributed by atoms with E-state index in [1.807, 2.05) is 4.90 Å². The first kappa shape index (κ1) is 12.5. The van der Waals surface area contributed by atoms with Gasteiger partial charge in [-0.3, -0.25) is 4.79 Å². The summed E-state index contributed by atoms with van der Waals surface area (Å²) < 4.78 is 5.28. The summed E-state index contributed by atoms with van der Waals surface area (Å²) in [6.07, 6.45) is 7.40. The summed E-state index contributed by atoms with van der Waals surface area (Å²) in [5.74, 6) is 0.611. The Morgan fingerprint density at radius 1 is 1.42 bits per heavy atom. The van der Waals surface area contributed by atoms with Crippen LogP contribution in [0.1, 0.15) is 29.6 Å². The number of carbonyl (C=O) groups is 1. The number of hydrogen-bond acceptors (Lipinski definition) is 2. The summed E-state index contributed by atoms with van der Waals surface area (Å²) in [7, 11) is 1.57. The minimum Gasteiger partial charge on any atom is -0.496 e. The molecule has 0 aromatic heterocycles. The highest BCUT2D eigenvalue weighted by molar-refractivity contribution is 6.31. The van der Waals surface area contributed by atoms with Gasteiger partial charge in [0.1, 0.15) is 5.75 Å². The molecular formula is C15H16ClNO2. The molecular weight excluding hydrogens is 262 g/mol. The number of ether oxygens (including phenoxy) is 1. The van der Waals surface area contributed by atoms with E-state index in [0.717, 1.165) is 19.3 Å². The minimum atomic E-state index is 0.0243. The van der Waals surface area contributed by atoms with E-state index in [1.54, 1.807) is 25.3 Å². The molecule has 100 valence electrons. The van der Waals surface area contributed by atoms with Crippen LogP contribution in [0, 0.1) is 0 Å². The molecule has 2 aliphatic heterocycles. The molecule has 1 amide bonds. The van der Waals surface area contributed by atoms with Crippen LogP contribution >= 0.6 is 11.6 Å². The quantitative estimate of drug-likeness (QED) is 0.777. The number of carbonyl (C=O) groups excluding carboxylic acids is 1. The van der Waals surface area contributed by atoms with Gasteiger partial charge in [0.25, 0.3) is 5.91 Å². The van der Waals surface area contributed by atoms with Crippen molar-refractivity contribution in [1.82, 2.24) is 4.90 Å². The topological polar surface area (TPSA) is 29.5 Å². The van der Waals surface area contributed by atoms with E-state index >= 15 is 0 Å². The van der Waals surface area contributed by atoms with Crippen LogP contribution in [-0.2, 0) is 0 Å². The molecule has 0 aliphatic carbocycles. The fraction of sp³-hybridized carbons (Fsp3) is 0.400. The van der Waals surface area contributed by atoms with Gasteiger partial charge >= 0.3 is 0 Å². The minimum absolute atomic E-state index is 0.0243. The Kier molecular flexibility index (Phi) is 3.23. The molecule has 19 heavy (non-hydrogen) atoms. The third-order valence-electron chi connectivity index (χ3n) is 3.94. The molecule has 1 fully saturated rings. The van der Waals surface area contributed by atoms with Gasteiger partial charge in [-0.15, -0.1) is 0 Å². The Hall–Kier alpha value is -1.48. The van der Waals surface area contributed by atoms with E-state index in [0.29, 0.717) is 22.4 Å². The smallest absolute Gasteiger partial charge is 0.258 e. The molecule has 2 atom stereocenters. The first-order chi connectivity index (χ1) is 9.20. The standard InChI is InChI=1S/C15H16ClNO2/c1-19-14-8-5-10(16)9-13(14)15(18)17-11-3-2-4-12(17)7-6-11/h2-3,5,8-9,11-12H,4,6-7H2,1H3/t11-,12-/m0/s1. The van der Waals surface area contributed by atoms with Crippen molar-refractivity contribution in [3.8, 4) is 5.75 Å². The van der Waals surface area contributed by atoms with Gasteiger partial charge in [-0.1, -0.05) is 23.8 Å². The van der Waals surface area contributed by atoms with Crippen LogP contribution in [0.15, 0.2) is 30.4 Å². The lowest BCUT2D eigenvalue weighted by Crippen LogP contribution is -2.42. The lowest BCUT2D eigenvalue weighted by molar-refractivity contribution is 0.0685. The zero-order chi connectivity index (χ0) is 13.4. The first-order valence-electron chi connectivity index (χ1n) is 6.53. The molecule has 3 nitrogen and oxygen atoms in total. The lowest BCUT2D eigenvalue weighted by Gasteiger charge is -2.32. The maximum Gasteiger partial charge on any atom is 0.258 e. The average Bonchev–Trinajstić information content (AvgIpc) is 2.67. The predicted molar refractivity (Wildman–Crippen MR) is 74.7 cm³/mol. The number of nitrogens with zero attached hydrogens (tertiary/aromatic N) is 1. The van der Waals surface area contributed by atoms with Gasteiger partial charge in [-0.2, -0.15) is 0 Å². The first-order valence-corrected chi connectivity index (χ1v) is 6.91. The van der Waals surface area contributed by atoms with Crippen molar-refractivity contribution in [2.45, 2.75) is 31.3 Å². The molecule has 3 rings (SSSR count). The molecule has 0 unspecified atom stereocenters. The highest BCUT2D eigenvalue weighted by atomic mass is 35.5. The summed E-state index contributed by atoms with van der Waals surface area (Å²) in [5.41, 5.74) is 0.558. The summed E-state index contributed by atoms with van der Waals surface area (Å²) in [6, 6.07) is 5.74. The van der Waals surface area contributed by atoms with Crippen molar-refractivity contribution in [2.75, 3.05) is 7.11 Å². The predicted octanol–water partition coefficient (Wildman–Crippen LogP) is 3.28. The Morgan fingerprint density at radius 3 is 3.00 bits per heavy atom. The van der Waals surface area contributed by atoms with Gasteiger partial charge in [-0.05, 0) is 37.5 Å². The third-order valence-corrected chi connectivity index (χ3v) is 4.17. The number of hydrogen-bond donors (Lipinski definition) is 0. The second-order valence-corrected chi connectivity index (χ2v) is 5.46. The lowest BCUT2D eigenvalue weighted by atomic mass is 10.1. The van der Waals surface area contributed by atoms with Crippen molar-refractivity contribution in [2.24, 2.45) is 0 Å². The zero-order valence-electron chi connectivity index (χ0n) is 10.8. The highest BCUT2D eigenvalue weighted by Gasteiger charge is 2.38. The number of halogens is 1. The fourth-order valence-electron chi connectivity index (χ4n) is 3.03. The fourth-order valence-corrected chi connectivity index (χ4v) is 3.20. The number of methoxy groups -OCH3 is 1. The van der Waals surface area contributed by atoms with Gasteiger partial charge in [0.15, 0.2) is 0 Å². The van der Waals surface area contributed by atoms with Crippen molar-refractivity contribution in [3.63, 3.8) is 0 Å². The number of benzene rings is 1. The Morgan fingerprint density at radius 2 is 2.26 bits per heavy atom. The third kappa shape index (κ3) is 2.12. The van der Waals surface area contributed by atoms with E-state index in [-0.39, 0.29) is 11.9 Å². The van der Waals surface area contributed by atoms with Gasteiger partial charge in [0, 0.05) is 11.1 Å². The molecule has 0 radical (unpaired) electrons. The molecule has 0 N–H and O–H groups in total. The van der Waals surface area contributed by atoms with Crippen molar-refractivity contribution < 1.29 is 9.53 Å². The molecule has 2 bridgehead atoms. The number of amides is 1. The van der Waals surface area contributed by atoms with Crippen molar-refractivity contribution >= 4 is 17.5 Å². The second-order valence-electron chi connectivity index (χ2n) is 5.02. The summed E-state index contributed by atoms with van der Waals surface area (Å²) in [4.78, 5) is 14.7. The molecule has 1 aromatic rings. The van der Waals surface area contributed by atoms with Crippen molar-refractivity contribution in [3.05, 3.63) is 40.9 Å². The van der Waals surface area contributed by atoms with Gasteiger partial charge < -0.3 is 9.64 Å². The number of fused-ring (bicyclic) bond motifs is 2. The maximum absolute atomic E-state index is 12.7. The molecule has 1 aromatic carbocycles. The highest BCUT2D eigenvalue weighted by Crippen LogP contribution is 2.34. The van der Waals surface area contributed by atoms with E-state index in [9.17, 15) is 4.79 Å². The number of rotatable bonds is 2. The van der Waals surface area contributed by atoms with Crippen LogP contribution in [0.4, 0.5) is 0 Å². The van der Waals surface area contributed by atoms with E-state index in [1.165, 1.54) is 0 Å². The molecule has 0 spiro atoms. The Bertz CT molecular complexity index is 541. The zero-order valence-corrected chi connectivity index (χ0v) is 11.6. The van der Waals surface area contributed by atoms with E-state index in [2.05, 4.69) is 12.2 Å². The monoisotopic (exact) mass is 277 g/mol. The molecule has 2 heterocycles.